The smallest absolute Gasteiger partial charge is 0.347 e. The van der Waals surface area contributed by atoms with Gasteiger partial charge in [0.1, 0.15) is 0 Å². The van der Waals surface area contributed by atoms with Crippen LogP contribution in [-0.2, 0) is 37.6 Å². The summed E-state index contributed by atoms with van der Waals surface area (Å²) in [4.78, 5) is 28.6. The summed E-state index contributed by atoms with van der Waals surface area (Å²) in [5.74, 6) is 0.121. The first kappa shape index (κ1) is 37.4. The third-order valence-electron chi connectivity index (χ3n) is 6.57. The Bertz CT molecular complexity index is 516. The van der Waals surface area contributed by atoms with E-state index >= 15 is 0 Å². The lowest BCUT2D eigenvalue weighted by Crippen LogP contribution is -2.49. The zero-order chi connectivity index (χ0) is 28.3. The lowest BCUT2D eigenvalue weighted by Gasteiger charge is -2.29. The van der Waals surface area contributed by atoms with Gasteiger partial charge in [-0.25, -0.2) is 14.7 Å². The standard InChI is InChI=1S/C27H58N2O8Si/c1-6-7-8-9-10-11-12-13-14-15-16-17-18-19-20-22-27(30)29(26(2)25-28)23-21-24-34-38(35-31-3,36-32-4)37-33-5/h26H,6-25,28H2,1-5H3. The lowest BCUT2D eigenvalue weighted by atomic mass is 10.0. The van der Waals surface area contributed by atoms with Gasteiger partial charge in [0.05, 0.1) is 21.3 Å². The highest BCUT2D eigenvalue weighted by atomic mass is 28.4. The molecule has 0 heterocycles. The summed E-state index contributed by atoms with van der Waals surface area (Å²) in [6.07, 6.45) is 20.6. The van der Waals surface area contributed by atoms with Crippen molar-refractivity contribution in [3.63, 3.8) is 0 Å². The number of hydrogen-bond donors (Lipinski definition) is 1. The number of unbranched alkanes of at least 4 members (excludes halogenated alkanes) is 14. The number of nitrogens with zero attached hydrogens (tertiary/aromatic N) is 1. The minimum Gasteiger partial charge on any atom is -0.347 e. The molecule has 0 spiro atoms. The fraction of sp³-hybridized carbons (Fsp3) is 0.963. The summed E-state index contributed by atoms with van der Waals surface area (Å²) in [6, 6.07) is -0.0541. The molecule has 228 valence electrons. The maximum absolute atomic E-state index is 12.9. The number of rotatable bonds is 29. The van der Waals surface area contributed by atoms with Gasteiger partial charge in [-0.3, -0.25) is 4.79 Å². The fourth-order valence-corrected chi connectivity index (χ4v) is 5.60. The topological polar surface area (TPSA) is 111 Å². The lowest BCUT2D eigenvalue weighted by molar-refractivity contribution is -0.370. The molecule has 1 atom stereocenters. The van der Waals surface area contributed by atoms with E-state index in [1.807, 2.05) is 11.8 Å². The molecule has 0 fully saturated rings. The van der Waals surface area contributed by atoms with Crippen molar-refractivity contribution in [1.82, 2.24) is 4.90 Å². The molecule has 0 aromatic heterocycles. The number of carbonyl (C=O) groups is 1. The van der Waals surface area contributed by atoms with Crippen LogP contribution in [0.15, 0.2) is 0 Å². The Hall–Kier alpha value is -0.633. The summed E-state index contributed by atoms with van der Waals surface area (Å²) >= 11 is 0. The van der Waals surface area contributed by atoms with Crippen molar-refractivity contribution in [2.45, 2.75) is 129 Å². The van der Waals surface area contributed by atoms with Gasteiger partial charge in [0.15, 0.2) is 0 Å². The van der Waals surface area contributed by atoms with Crippen molar-refractivity contribution in [3.8, 4) is 0 Å². The highest BCUT2D eigenvalue weighted by Gasteiger charge is 2.51. The van der Waals surface area contributed by atoms with E-state index in [-0.39, 0.29) is 18.6 Å². The third kappa shape index (κ3) is 19.4. The van der Waals surface area contributed by atoms with Crippen LogP contribution in [0.3, 0.4) is 0 Å². The highest BCUT2D eigenvalue weighted by molar-refractivity contribution is 6.52. The number of carbonyl (C=O) groups excluding carboxylic acids is 1. The van der Waals surface area contributed by atoms with Crippen LogP contribution in [0.1, 0.15) is 123 Å². The van der Waals surface area contributed by atoms with Gasteiger partial charge in [-0.1, -0.05) is 96.8 Å². The molecule has 1 unspecified atom stereocenters. The summed E-state index contributed by atoms with van der Waals surface area (Å²) in [6.45, 7) is 5.30. The van der Waals surface area contributed by atoms with Crippen LogP contribution in [0.5, 0.6) is 0 Å². The third-order valence-corrected chi connectivity index (χ3v) is 8.24. The first-order valence-electron chi connectivity index (χ1n) is 14.8. The predicted octanol–water partition coefficient (Wildman–Crippen LogP) is 6.00. The van der Waals surface area contributed by atoms with Crippen LogP contribution in [0.25, 0.3) is 0 Å². The molecular formula is C27H58N2O8Si. The number of amides is 1. The largest absolute Gasteiger partial charge is 0.764 e. The summed E-state index contributed by atoms with van der Waals surface area (Å²) in [5.41, 5.74) is 5.86. The minimum atomic E-state index is -3.78. The Morgan fingerprint density at radius 1 is 0.711 bits per heavy atom. The number of nitrogens with two attached hydrogens (primary N) is 1. The SMILES string of the molecule is CCCCCCCCCCCCCCCCCC(=O)N(CCCO[Si](OOC)(OOC)OOC)C(C)CN. The van der Waals surface area contributed by atoms with Gasteiger partial charge >= 0.3 is 9.05 Å². The molecule has 0 radical (unpaired) electrons. The molecule has 0 aliphatic heterocycles. The van der Waals surface area contributed by atoms with Crippen LogP contribution in [0.4, 0.5) is 0 Å². The second-order valence-corrected chi connectivity index (χ2v) is 11.6. The monoisotopic (exact) mass is 566 g/mol. The average molecular weight is 567 g/mol. The summed E-state index contributed by atoms with van der Waals surface area (Å²) in [5, 5.41) is 0. The van der Waals surface area contributed by atoms with E-state index in [4.69, 9.17) is 23.9 Å². The van der Waals surface area contributed by atoms with Crippen molar-refractivity contribution in [2.24, 2.45) is 5.73 Å². The second-order valence-electron chi connectivity index (χ2n) is 9.82. The Morgan fingerprint density at radius 3 is 1.53 bits per heavy atom. The molecule has 0 aliphatic carbocycles. The van der Waals surface area contributed by atoms with Crippen LogP contribution >= 0.6 is 0 Å². The van der Waals surface area contributed by atoms with Crippen molar-refractivity contribution in [3.05, 3.63) is 0 Å². The average Bonchev–Trinajstić information content (AvgIpc) is 2.90. The predicted molar refractivity (Wildman–Crippen MR) is 150 cm³/mol. The van der Waals surface area contributed by atoms with Crippen molar-refractivity contribution < 1.29 is 37.6 Å². The molecule has 0 saturated heterocycles. The van der Waals surface area contributed by atoms with Crippen LogP contribution in [0, 0.1) is 0 Å². The van der Waals surface area contributed by atoms with Gasteiger partial charge in [0.2, 0.25) is 5.91 Å². The van der Waals surface area contributed by atoms with Gasteiger partial charge < -0.3 is 15.1 Å². The van der Waals surface area contributed by atoms with Gasteiger partial charge in [0, 0.05) is 32.2 Å². The molecule has 0 rings (SSSR count). The fourth-order valence-electron chi connectivity index (χ4n) is 4.36. The Kier molecular flexibility index (Phi) is 26.1. The van der Waals surface area contributed by atoms with Gasteiger partial charge in [-0.05, 0) is 19.8 Å². The molecule has 0 aromatic carbocycles. The van der Waals surface area contributed by atoms with Gasteiger partial charge in [-0.2, -0.15) is 13.7 Å². The first-order valence-corrected chi connectivity index (χ1v) is 16.4. The second kappa shape index (κ2) is 26.6. The molecule has 0 saturated carbocycles. The Balaban J connectivity index is 4.06. The van der Waals surface area contributed by atoms with E-state index in [9.17, 15) is 4.79 Å². The quantitative estimate of drug-likeness (QED) is 0.0504. The normalized spacial score (nSPS) is 12.7. The van der Waals surface area contributed by atoms with E-state index in [1.54, 1.807) is 0 Å². The van der Waals surface area contributed by atoms with E-state index in [1.165, 1.54) is 105 Å². The van der Waals surface area contributed by atoms with Crippen molar-refractivity contribution >= 4 is 15.0 Å². The molecule has 10 nitrogen and oxygen atoms in total. The van der Waals surface area contributed by atoms with Crippen LogP contribution in [-0.4, -0.2) is 66.9 Å². The minimum absolute atomic E-state index is 0.0541. The highest BCUT2D eigenvalue weighted by Crippen LogP contribution is 2.16. The van der Waals surface area contributed by atoms with Gasteiger partial charge in [-0.15, -0.1) is 0 Å². The summed E-state index contributed by atoms with van der Waals surface area (Å²) < 4.78 is 20.6. The van der Waals surface area contributed by atoms with Crippen molar-refractivity contribution in [1.29, 1.82) is 0 Å². The zero-order valence-corrected chi connectivity index (χ0v) is 26.0. The molecule has 0 aliphatic rings. The molecule has 38 heavy (non-hydrogen) atoms. The van der Waals surface area contributed by atoms with Crippen molar-refractivity contribution in [2.75, 3.05) is 41.0 Å². The Morgan fingerprint density at radius 2 is 1.13 bits per heavy atom. The number of hydrogen-bond acceptors (Lipinski definition) is 9. The Labute approximate surface area is 233 Å². The van der Waals surface area contributed by atoms with Gasteiger partial charge in [0.25, 0.3) is 0 Å². The van der Waals surface area contributed by atoms with E-state index in [0.29, 0.717) is 25.9 Å². The molecule has 11 heteroatoms. The van der Waals surface area contributed by atoms with Crippen LogP contribution < -0.4 is 5.73 Å². The molecular weight excluding hydrogens is 508 g/mol. The van der Waals surface area contributed by atoms with E-state index in [2.05, 4.69) is 21.6 Å². The zero-order valence-electron chi connectivity index (χ0n) is 25.0. The molecule has 1 amide bonds. The summed E-state index contributed by atoms with van der Waals surface area (Å²) in [7, 11) is 0.109. The molecule has 2 N–H and O–H groups in total. The van der Waals surface area contributed by atoms with E-state index < -0.39 is 9.05 Å². The molecule has 0 aromatic rings. The maximum atomic E-state index is 12.9. The van der Waals surface area contributed by atoms with Crippen LogP contribution in [0.2, 0.25) is 0 Å². The molecule has 0 bridgehead atoms. The van der Waals surface area contributed by atoms with E-state index in [0.717, 1.165) is 12.8 Å². The first-order chi connectivity index (χ1) is 18.5. The maximum Gasteiger partial charge on any atom is 0.764 e.